The Morgan fingerprint density at radius 2 is 2.33 bits per heavy atom. The predicted molar refractivity (Wildman–Crippen MR) is 98.9 cm³/mol. The normalized spacial score (nSPS) is 24.8. The highest BCUT2D eigenvalue weighted by molar-refractivity contribution is 7.10. The second-order valence-corrected chi connectivity index (χ2v) is 8.72. The Morgan fingerprint density at radius 1 is 1.50 bits per heavy atom. The quantitative estimate of drug-likeness (QED) is 0.888. The largest absolute Gasteiger partial charge is 0.374 e. The zero-order chi connectivity index (χ0) is 17.1. The Kier molecular flexibility index (Phi) is 5.95. The summed E-state index contributed by atoms with van der Waals surface area (Å²) in [6.07, 6.45) is 3.48. The molecule has 1 aliphatic carbocycles. The average Bonchev–Trinajstić information content (AvgIpc) is 2.95. The van der Waals surface area contributed by atoms with Gasteiger partial charge in [-0.3, -0.25) is 9.69 Å². The lowest BCUT2D eigenvalue weighted by atomic mass is 9.88. The summed E-state index contributed by atoms with van der Waals surface area (Å²) in [5, 5.41) is 5.15. The Hall–Kier alpha value is -0.910. The van der Waals surface area contributed by atoms with Gasteiger partial charge in [-0.15, -0.1) is 11.3 Å². The van der Waals surface area contributed by atoms with Crippen molar-refractivity contribution in [2.45, 2.75) is 46.1 Å². The van der Waals surface area contributed by atoms with Crippen molar-refractivity contribution in [1.82, 2.24) is 10.2 Å². The SMILES string of the molecule is CC(C)CN1CCOC(CNC(=O)c2csc3c2CCC(C)C3)C1. The summed E-state index contributed by atoms with van der Waals surface area (Å²) in [6, 6.07) is 0. The summed E-state index contributed by atoms with van der Waals surface area (Å²) in [7, 11) is 0. The van der Waals surface area contributed by atoms with Gasteiger partial charge in [0.25, 0.3) is 5.91 Å². The summed E-state index contributed by atoms with van der Waals surface area (Å²) < 4.78 is 5.83. The lowest BCUT2D eigenvalue weighted by Crippen LogP contribution is -2.48. The van der Waals surface area contributed by atoms with Gasteiger partial charge in [0.2, 0.25) is 0 Å². The number of hydrogen-bond donors (Lipinski definition) is 1. The molecule has 1 saturated heterocycles. The summed E-state index contributed by atoms with van der Waals surface area (Å²) in [5.74, 6) is 1.49. The molecule has 2 unspecified atom stereocenters. The summed E-state index contributed by atoms with van der Waals surface area (Å²) in [5.41, 5.74) is 2.19. The molecular weight excluding hydrogens is 320 g/mol. The van der Waals surface area contributed by atoms with E-state index in [0.29, 0.717) is 12.5 Å². The Morgan fingerprint density at radius 3 is 3.12 bits per heavy atom. The van der Waals surface area contributed by atoms with E-state index in [4.69, 9.17) is 4.74 Å². The van der Waals surface area contributed by atoms with Crippen LogP contribution in [0.1, 0.15) is 48.0 Å². The molecule has 0 aromatic carbocycles. The lowest BCUT2D eigenvalue weighted by Gasteiger charge is -2.34. The number of carbonyl (C=O) groups is 1. The number of amides is 1. The molecule has 134 valence electrons. The zero-order valence-corrected chi connectivity index (χ0v) is 16.0. The van der Waals surface area contributed by atoms with E-state index in [1.54, 1.807) is 11.3 Å². The number of thiophene rings is 1. The van der Waals surface area contributed by atoms with Crippen LogP contribution in [-0.2, 0) is 17.6 Å². The molecular formula is C19H30N2O2S. The highest BCUT2D eigenvalue weighted by Gasteiger charge is 2.25. The van der Waals surface area contributed by atoms with E-state index in [1.165, 1.54) is 16.9 Å². The first kappa shape index (κ1) is 17.9. The molecule has 4 nitrogen and oxygen atoms in total. The predicted octanol–water partition coefficient (Wildman–Crippen LogP) is 2.96. The van der Waals surface area contributed by atoms with Crippen LogP contribution in [0.4, 0.5) is 0 Å². The maximum Gasteiger partial charge on any atom is 0.252 e. The minimum Gasteiger partial charge on any atom is -0.374 e. The second-order valence-electron chi connectivity index (χ2n) is 7.76. The van der Waals surface area contributed by atoms with E-state index in [2.05, 4.69) is 31.0 Å². The van der Waals surface area contributed by atoms with Crippen LogP contribution in [0, 0.1) is 11.8 Å². The first-order valence-corrected chi connectivity index (χ1v) is 10.1. The number of nitrogens with one attached hydrogen (secondary N) is 1. The molecule has 1 amide bonds. The Bertz CT molecular complexity index is 570. The van der Waals surface area contributed by atoms with Crippen molar-refractivity contribution in [1.29, 1.82) is 0 Å². The minimum absolute atomic E-state index is 0.0756. The molecule has 0 spiro atoms. The third kappa shape index (κ3) is 4.38. The maximum atomic E-state index is 12.6. The highest BCUT2D eigenvalue weighted by Crippen LogP contribution is 2.32. The van der Waals surface area contributed by atoms with Gasteiger partial charge < -0.3 is 10.1 Å². The number of hydrogen-bond acceptors (Lipinski definition) is 4. The highest BCUT2D eigenvalue weighted by atomic mass is 32.1. The van der Waals surface area contributed by atoms with Gasteiger partial charge in [-0.05, 0) is 36.7 Å². The standard InChI is InChI=1S/C19H30N2O2S/c1-13(2)10-21-6-7-23-15(11-21)9-20-19(22)17-12-24-18-8-14(3)4-5-16(17)18/h12-15H,4-11H2,1-3H3,(H,20,22). The third-order valence-electron chi connectivity index (χ3n) is 4.98. The summed E-state index contributed by atoms with van der Waals surface area (Å²) in [6.45, 7) is 11.2. The summed E-state index contributed by atoms with van der Waals surface area (Å²) >= 11 is 1.75. The topological polar surface area (TPSA) is 41.6 Å². The molecule has 0 radical (unpaired) electrons. The second kappa shape index (κ2) is 7.98. The van der Waals surface area contributed by atoms with Crippen LogP contribution in [0.15, 0.2) is 5.38 Å². The van der Waals surface area contributed by atoms with Gasteiger partial charge >= 0.3 is 0 Å². The van der Waals surface area contributed by atoms with Crippen molar-refractivity contribution in [2.75, 3.05) is 32.8 Å². The number of rotatable bonds is 5. The lowest BCUT2D eigenvalue weighted by molar-refractivity contribution is -0.0295. The van der Waals surface area contributed by atoms with Crippen molar-refractivity contribution in [3.05, 3.63) is 21.4 Å². The monoisotopic (exact) mass is 350 g/mol. The number of ether oxygens (including phenoxy) is 1. The molecule has 2 aliphatic rings. The first-order chi connectivity index (χ1) is 11.5. The Labute approximate surface area is 149 Å². The molecule has 5 heteroatoms. The van der Waals surface area contributed by atoms with Crippen LogP contribution in [0.2, 0.25) is 0 Å². The molecule has 1 N–H and O–H groups in total. The Balaban J connectivity index is 1.52. The van der Waals surface area contributed by atoms with Crippen LogP contribution in [-0.4, -0.2) is 49.7 Å². The number of carbonyl (C=O) groups excluding carboxylic acids is 1. The fourth-order valence-corrected chi connectivity index (χ4v) is 5.00. The van der Waals surface area contributed by atoms with Gasteiger partial charge in [0.1, 0.15) is 0 Å². The fourth-order valence-electron chi connectivity index (χ4n) is 3.76. The van der Waals surface area contributed by atoms with Crippen LogP contribution in [0.3, 0.4) is 0 Å². The minimum atomic E-state index is 0.0756. The van der Waals surface area contributed by atoms with Crippen LogP contribution in [0.25, 0.3) is 0 Å². The van der Waals surface area contributed by atoms with Crippen LogP contribution < -0.4 is 5.32 Å². The third-order valence-corrected chi connectivity index (χ3v) is 6.03. The molecule has 0 saturated carbocycles. The molecule has 1 fully saturated rings. The van der Waals surface area contributed by atoms with Crippen molar-refractivity contribution in [2.24, 2.45) is 11.8 Å². The fraction of sp³-hybridized carbons (Fsp3) is 0.737. The van der Waals surface area contributed by atoms with Gasteiger partial charge in [-0.2, -0.15) is 0 Å². The van der Waals surface area contributed by atoms with Crippen LogP contribution in [0.5, 0.6) is 0 Å². The molecule has 0 bridgehead atoms. The van der Waals surface area contributed by atoms with Gasteiger partial charge in [0, 0.05) is 36.4 Å². The average molecular weight is 351 g/mol. The van der Waals surface area contributed by atoms with Gasteiger partial charge in [-0.1, -0.05) is 20.8 Å². The number of morpholine rings is 1. The maximum absolute atomic E-state index is 12.6. The van der Waals surface area contributed by atoms with Crippen molar-refractivity contribution < 1.29 is 9.53 Å². The molecule has 1 aromatic heterocycles. The van der Waals surface area contributed by atoms with E-state index < -0.39 is 0 Å². The van der Waals surface area contributed by atoms with E-state index >= 15 is 0 Å². The van der Waals surface area contributed by atoms with E-state index in [0.717, 1.165) is 50.6 Å². The van der Waals surface area contributed by atoms with Gasteiger partial charge in [0.05, 0.1) is 18.3 Å². The summed E-state index contributed by atoms with van der Waals surface area (Å²) in [4.78, 5) is 16.4. The zero-order valence-electron chi connectivity index (χ0n) is 15.1. The first-order valence-electron chi connectivity index (χ1n) is 9.24. The van der Waals surface area contributed by atoms with E-state index in [9.17, 15) is 4.79 Å². The van der Waals surface area contributed by atoms with Gasteiger partial charge in [0.15, 0.2) is 0 Å². The van der Waals surface area contributed by atoms with Gasteiger partial charge in [-0.25, -0.2) is 0 Å². The van der Waals surface area contributed by atoms with Crippen molar-refractivity contribution >= 4 is 17.2 Å². The number of fused-ring (bicyclic) bond motifs is 1. The van der Waals surface area contributed by atoms with E-state index in [1.807, 2.05) is 5.38 Å². The van der Waals surface area contributed by atoms with Crippen LogP contribution >= 0.6 is 11.3 Å². The van der Waals surface area contributed by atoms with Crippen molar-refractivity contribution in [3.8, 4) is 0 Å². The molecule has 24 heavy (non-hydrogen) atoms. The van der Waals surface area contributed by atoms with Crippen molar-refractivity contribution in [3.63, 3.8) is 0 Å². The van der Waals surface area contributed by atoms with E-state index in [-0.39, 0.29) is 12.0 Å². The molecule has 2 heterocycles. The smallest absolute Gasteiger partial charge is 0.252 e. The molecule has 1 aromatic rings. The number of nitrogens with zero attached hydrogens (tertiary/aromatic N) is 1. The molecule has 1 aliphatic heterocycles. The molecule has 2 atom stereocenters. The molecule has 3 rings (SSSR count).